The summed E-state index contributed by atoms with van der Waals surface area (Å²) < 4.78 is 11.3. The lowest BCUT2D eigenvalue weighted by atomic mass is 10.0. The van der Waals surface area contributed by atoms with Crippen LogP contribution in [0.25, 0.3) is 0 Å². The van der Waals surface area contributed by atoms with Crippen LogP contribution in [0.2, 0.25) is 0 Å². The number of ether oxygens (including phenoxy) is 2. The van der Waals surface area contributed by atoms with Crippen molar-refractivity contribution in [3.63, 3.8) is 0 Å². The number of carbonyl (C=O) groups is 1. The van der Waals surface area contributed by atoms with Crippen molar-refractivity contribution in [3.8, 4) is 11.5 Å². The highest BCUT2D eigenvalue weighted by Crippen LogP contribution is 2.24. The quantitative estimate of drug-likeness (QED) is 0.763. The van der Waals surface area contributed by atoms with Gasteiger partial charge < -0.3 is 9.47 Å². The average Bonchev–Trinajstić information content (AvgIpc) is 2.47. The minimum atomic E-state index is -0.257. The third-order valence-electron chi connectivity index (χ3n) is 2.97. The number of benzene rings is 2. The van der Waals surface area contributed by atoms with E-state index in [2.05, 4.69) is 0 Å². The van der Waals surface area contributed by atoms with Gasteiger partial charge in [0.05, 0.1) is 12.2 Å². The molecule has 2 rings (SSSR count). The molecule has 0 spiro atoms. The van der Waals surface area contributed by atoms with E-state index >= 15 is 0 Å². The summed E-state index contributed by atoms with van der Waals surface area (Å²) in [4.78, 5) is 12.6. The Kier molecular flexibility index (Phi) is 4.86. The smallest absolute Gasteiger partial charge is 0.196 e. The van der Waals surface area contributed by atoms with Gasteiger partial charge in [-0.15, -0.1) is 0 Å². The number of para-hydroxylation sites is 1. The molecule has 0 aliphatic heterocycles. The Morgan fingerprint density at radius 2 is 1.64 bits per heavy atom. The first-order chi connectivity index (χ1) is 10.4. The molecule has 3 nitrogen and oxygen atoms in total. The fraction of sp³-hybridized carbons (Fsp3) is 0.316. The van der Waals surface area contributed by atoms with Crippen molar-refractivity contribution in [3.05, 3.63) is 59.7 Å². The summed E-state index contributed by atoms with van der Waals surface area (Å²) >= 11 is 0. The molecular formula is C19H22O3. The molecule has 0 saturated carbocycles. The second kappa shape index (κ2) is 6.65. The predicted octanol–water partition coefficient (Wildman–Crippen LogP) is 4.49. The van der Waals surface area contributed by atoms with Crippen LogP contribution in [0.3, 0.4) is 0 Å². The van der Waals surface area contributed by atoms with Crippen LogP contribution < -0.4 is 9.47 Å². The number of rotatable bonds is 5. The molecule has 0 unspecified atom stereocenters. The zero-order valence-electron chi connectivity index (χ0n) is 13.6. The normalized spacial score (nSPS) is 11.1. The van der Waals surface area contributed by atoms with Crippen molar-refractivity contribution in [1.29, 1.82) is 0 Å². The van der Waals surface area contributed by atoms with Gasteiger partial charge in [-0.05, 0) is 64.1 Å². The standard InChI is InChI=1S/C19H22O3/c1-5-21-17-9-7-6-8-16(17)18(20)14-10-12-15(13-11-14)22-19(2,3)4/h6-13H,5H2,1-4H3. The van der Waals surface area contributed by atoms with Gasteiger partial charge in [0.15, 0.2) is 5.78 Å². The Hall–Kier alpha value is -2.29. The molecule has 0 radical (unpaired) electrons. The van der Waals surface area contributed by atoms with E-state index in [1.807, 2.05) is 58.0 Å². The summed E-state index contributed by atoms with van der Waals surface area (Å²) in [6.45, 7) is 8.40. The largest absolute Gasteiger partial charge is 0.493 e. The zero-order valence-corrected chi connectivity index (χ0v) is 13.6. The monoisotopic (exact) mass is 298 g/mol. The molecule has 0 atom stereocenters. The van der Waals surface area contributed by atoms with Crippen LogP contribution >= 0.6 is 0 Å². The molecule has 0 N–H and O–H groups in total. The highest BCUT2D eigenvalue weighted by atomic mass is 16.5. The number of carbonyl (C=O) groups excluding carboxylic acids is 1. The van der Waals surface area contributed by atoms with Crippen LogP contribution in [0.15, 0.2) is 48.5 Å². The Labute approximate surface area is 131 Å². The van der Waals surface area contributed by atoms with Crippen LogP contribution in [0.4, 0.5) is 0 Å². The van der Waals surface area contributed by atoms with E-state index in [4.69, 9.17) is 9.47 Å². The fourth-order valence-electron chi connectivity index (χ4n) is 2.12. The molecule has 0 aliphatic rings. The predicted molar refractivity (Wildman–Crippen MR) is 87.9 cm³/mol. The summed E-state index contributed by atoms with van der Waals surface area (Å²) in [5.74, 6) is 1.32. The van der Waals surface area contributed by atoms with Gasteiger partial charge in [0.25, 0.3) is 0 Å². The Balaban J connectivity index is 2.23. The van der Waals surface area contributed by atoms with Gasteiger partial charge in [-0.2, -0.15) is 0 Å². The first-order valence-corrected chi connectivity index (χ1v) is 7.46. The van der Waals surface area contributed by atoms with Crippen LogP contribution in [0, 0.1) is 0 Å². The number of ketones is 1. The third kappa shape index (κ3) is 4.10. The molecule has 3 heteroatoms. The molecule has 0 saturated heterocycles. The maximum atomic E-state index is 12.6. The Morgan fingerprint density at radius 3 is 2.23 bits per heavy atom. The van der Waals surface area contributed by atoms with Crippen molar-refractivity contribution < 1.29 is 14.3 Å². The van der Waals surface area contributed by atoms with Gasteiger partial charge in [0.1, 0.15) is 17.1 Å². The molecule has 0 bridgehead atoms. The van der Waals surface area contributed by atoms with E-state index in [0.29, 0.717) is 23.5 Å². The van der Waals surface area contributed by atoms with E-state index in [-0.39, 0.29) is 11.4 Å². The molecule has 0 heterocycles. The van der Waals surface area contributed by atoms with Crippen molar-refractivity contribution in [1.82, 2.24) is 0 Å². The molecule has 2 aromatic carbocycles. The van der Waals surface area contributed by atoms with Gasteiger partial charge in [0, 0.05) is 5.56 Å². The molecule has 0 fully saturated rings. The van der Waals surface area contributed by atoms with Crippen molar-refractivity contribution in [2.45, 2.75) is 33.3 Å². The van der Waals surface area contributed by atoms with Gasteiger partial charge in [-0.3, -0.25) is 4.79 Å². The molecule has 0 aliphatic carbocycles. The summed E-state index contributed by atoms with van der Waals surface area (Å²) in [7, 11) is 0. The zero-order chi connectivity index (χ0) is 16.2. The topological polar surface area (TPSA) is 35.5 Å². The van der Waals surface area contributed by atoms with Gasteiger partial charge in [-0.25, -0.2) is 0 Å². The lowest BCUT2D eigenvalue weighted by molar-refractivity contribution is 0.103. The van der Waals surface area contributed by atoms with Crippen LogP contribution in [-0.2, 0) is 0 Å². The molecule has 0 aromatic heterocycles. The first kappa shape index (κ1) is 16.1. The molecule has 116 valence electrons. The highest BCUT2D eigenvalue weighted by Gasteiger charge is 2.15. The third-order valence-corrected chi connectivity index (χ3v) is 2.97. The van der Waals surface area contributed by atoms with Crippen molar-refractivity contribution >= 4 is 5.78 Å². The second-order valence-electron chi connectivity index (χ2n) is 6.00. The lowest BCUT2D eigenvalue weighted by Crippen LogP contribution is -2.22. The second-order valence-corrected chi connectivity index (χ2v) is 6.00. The summed E-state index contributed by atoms with van der Waals surface area (Å²) in [5.41, 5.74) is 0.940. The minimum Gasteiger partial charge on any atom is -0.493 e. The van der Waals surface area contributed by atoms with Crippen LogP contribution in [0.5, 0.6) is 11.5 Å². The summed E-state index contributed by atoms with van der Waals surface area (Å²) in [6, 6.07) is 14.5. The number of hydrogen-bond acceptors (Lipinski definition) is 3. The fourth-order valence-corrected chi connectivity index (χ4v) is 2.12. The maximum absolute atomic E-state index is 12.6. The van der Waals surface area contributed by atoms with Crippen LogP contribution in [-0.4, -0.2) is 18.0 Å². The van der Waals surface area contributed by atoms with Crippen molar-refractivity contribution in [2.24, 2.45) is 0 Å². The SMILES string of the molecule is CCOc1ccccc1C(=O)c1ccc(OC(C)(C)C)cc1. The first-order valence-electron chi connectivity index (χ1n) is 7.46. The van der Waals surface area contributed by atoms with E-state index < -0.39 is 0 Å². The number of hydrogen-bond donors (Lipinski definition) is 0. The van der Waals surface area contributed by atoms with Crippen LogP contribution in [0.1, 0.15) is 43.6 Å². The molecule has 2 aromatic rings. The van der Waals surface area contributed by atoms with E-state index in [9.17, 15) is 4.79 Å². The Bertz CT molecular complexity index is 636. The van der Waals surface area contributed by atoms with Gasteiger partial charge in [-0.1, -0.05) is 12.1 Å². The molecular weight excluding hydrogens is 276 g/mol. The van der Waals surface area contributed by atoms with Crippen molar-refractivity contribution in [2.75, 3.05) is 6.61 Å². The minimum absolute atomic E-state index is 0.0497. The molecule has 0 amide bonds. The average molecular weight is 298 g/mol. The van der Waals surface area contributed by atoms with E-state index in [0.717, 1.165) is 5.75 Å². The lowest BCUT2D eigenvalue weighted by Gasteiger charge is -2.21. The van der Waals surface area contributed by atoms with Gasteiger partial charge >= 0.3 is 0 Å². The summed E-state index contributed by atoms with van der Waals surface area (Å²) in [5, 5.41) is 0. The maximum Gasteiger partial charge on any atom is 0.196 e. The molecule has 22 heavy (non-hydrogen) atoms. The highest BCUT2D eigenvalue weighted by molar-refractivity contribution is 6.10. The van der Waals surface area contributed by atoms with E-state index in [1.54, 1.807) is 18.2 Å². The Morgan fingerprint density at radius 1 is 1.00 bits per heavy atom. The van der Waals surface area contributed by atoms with E-state index in [1.165, 1.54) is 0 Å². The van der Waals surface area contributed by atoms with Gasteiger partial charge in [0.2, 0.25) is 0 Å². The summed E-state index contributed by atoms with van der Waals surface area (Å²) in [6.07, 6.45) is 0.